The summed E-state index contributed by atoms with van der Waals surface area (Å²) in [5.41, 5.74) is 13.0. The van der Waals surface area contributed by atoms with Gasteiger partial charge >= 0.3 is 0 Å². The first-order valence-corrected chi connectivity index (χ1v) is 3.91. The number of anilines is 2. The van der Waals surface area contributed by atoms with E-state index in [1.165, 1.54) is 0 Å². The zero-order valence-electron chi connectivity index (χ0n) is 6.99. The van der Waals surface area contributed by atoms with Crippen LogP contribution in [0.1, 0.15) is 11.1 Å². The van der Waals surface area contributed by atoms with Crippen molar-refractivity contribution in [3.63, 3.8) is 0 Å². The lowest BCUT2D eigenvalue weighted by Crippen LogP contribution is -1.93. The number of hydrogen-bond donors (Lipinski definition) is 2. The molecule has 2 heterocycles. The summed E-state index contributed by atoms with van der Waals surface area (Å²) in [4.78, 5) is 0. The summed E-state index contributed by atoms with van der Waals surface area (Å²) in [5, 5.41) is 0. The molecule has 0 aliphatic carbocycles. The highest BCUT2D eigenvalue weighted by molar-refractivity contribution is 5.45. The van der Waals surface area contributed by atoms with Gasteiger partial charge in [0.25, 0.3) is 0 Å². The normalized spacial score (nSPS) is 10.5. The Bertz CT molecular complexity index is 365. The minimum absolute atomic E-state index is 0.431. The van der Waals surface area contributed by atoms with Gasteiger partial charge in [0.2, 0.25) is 0 Å². The SMILES string of the molecule is Nc1occc1Cc1ccoc1N. The third-order valence-corrected chi connectivity index (χ3v) is 1.94. The molecule has 0 saturated carbocycles. The molecule has 0 atom stereocenters. The highest BCUT2D eigenvalue weighted by Crippen LogP contribution is 2.21. The van der Waals surface area contributed by atoms with E-state index in [0.29, 0.717) is 18.2 Å². The molecule has 0 aliphatic rings. The Kier molecular flexibility index (Phi) is 1.73. The molecule has 0 bridgehead atoms. The molecule has 68 valence electrons. The topological polar surface area (TPSA) is 78.3 Å². The molecule has 0 saturated heterocycles. The van der Waals surface area contributed by atoms with Crippen LogP contribution < -0.4 is 11.5 Å². The monoisotopic (exact) mass is 178 g/mol. The van der Waals surface area contributed by atoms with Crippen LogP contribution in [-0.2, 0) is 6.42 Å². The average molecular weight is 178 g/mol. The number of hydrogen-bond acceptors (Lipinski definition) is 4. The summed E-state index contributed by atoms with van der Waals surface area (Å²) in [7, 11) is 0. The van der Waals surface area contributed by atoms with Gasteiger partial charge in [-0.15, -0.1) is 0 Å². The maximum Gasteiger partial charge on any atom is 0.193 e. The van der Waals surface area contributed by atoms with Crippen molar-refractivity contribution in [2.75, 3.05) is 11.5 Å². The first kappa shape index (κ1) is 7.79. The fraction of sp³-hybridized carbons (Fsp3) is 0.111. The van der Waals surface area contributed by atoms with Gasteiger partial charge in [0.1, 0.15) is 0 Å². The predicted octanol–water partition coefficient (Wildman–Crippen LogP) is 1.63. The largest absolute Gasteiger partial charge is 0.449 e. The van der Waals surface area contributed by atoms with E-state index >= 15 is 0 Å². The zero-order chi connectivity index (χ0) is 9.26. The van der Waals surface area contributed by atoms with Crippen LogP contribution in [0.4, 0.5) is 11.8 Å². The second-order valence-corrected chi connectivity index (χ2v) is 2.80. The summed E-state index contributed by atoms with van der Waals surface area (Å²) in [6, 6.07) is 3.64. The molecular formula is C9H10N2O2. The molecule has 0 amide bonds. The molecule has 4 N–H and O–H groups in total. The average Bonchev–Trinajstić information content (AvgIpc) is 2.65. The summed E-state index contributed by atoms with van der Waals surface area (Å²) in [6.07, 6.45) is 3.76. The van der Waals surface area contributed by atoms with Gasteiger partial charge in [0.15, 0.2) is 11.8 Å². The lowest BCUT2D eigenvalue weighted by molar-refractivity contribution is 0.583. The van der Waals surface area contributed by atoms with Crippen LogP contribution in [-0.4, -0.2) is 0 Å². The second kappa shape index (κ2) is 2.90. The Morgan fingerprint density at radius 2 is 1.38 bits per heavy atom. The van der Waals surface area contributed by atoms with Crippen LogP contribution in [0.5, 0.6) is 0 Å². The maximum absolute atomic E-state index is 5.57. The van der Waals surface area contributed by atoms with Gasteiger partial charge in [0, 0.05) is 17.5 Å². The molecule has 0 spiro atoms. The molecule has 0 fully saturated rings. The van der Waals surface area contributed by atoms with E-state index in [9.17, 15) is 0 Å². The van der Waals surface area contributed by atoms with Gasteiger partial charge in [0.05, 0.1) is 12.5 Å². The Labute approximate surface area is 75.1 Å². The summed E-state index contributed by atoms with van der Waals surface area (Å²) in [6.45, 7) is 0. The third kappa shape index (κ3) is 1.38. The first-order valence-electron chi connectivity index (χ1n) is 3.91. The Balaban J connectivity index is 2.24. The quantitative estimate of drug-likeness (QED) is 0.732. The predicted molar refractivity (Wildman–Crippen MR) is 49.0 cm³/mol. The molecule has 0 aliphatic heterocycles. The van der Waals surface area contributed by atoms with E-state index in [1.807, 2.05) is 12.1 Å². The van der Waals surface area contributed by atoms with Gasteiger partial charge in [-0.3, -0.25) is 0 Å². The molecule has 2 aromatic heterocycles. The fourth-order valence-electron chi connectivity index (χ4n) is 1.19. The van der Waals surface area contributed by atoms with Crippen LogP contribution in [0.15, 0.2) is 33.5 Å². The van der Waals surface area contributed by atoms with E-state index in [2.05, 4.69) is 0 Å². The van der Waals surface area contributed by atoms with Crippen LogP contribution in [0, 0.1) is 0 Å². The number of furan rings is 2. The van der Waals surface area contributed by atoms with Gasteiger partial charge < -0.3 is 20.3 Å². The van der Waals surface area contributed by atoms with Crippen molar-refractivity contribution in [1.82, 2.24) is 0 Å². The minimum Gasteiger partial charge on any atom is -0.449 e. The Morgan fingerprint density at radius 3 is 1.69 bits per heavy atom. The van der Waals surface area contributed by atoms with Crippen molar-refractivity contribution in [2.45, 2.75) is 6.42 Å². The van der Waals surface area contributed by atoms with Crippen LogP contribution in [0.3, 0.4) is 0 Å². The molecule has 2 aromatic rings. The van der Waals surface area contributed by atoms with Gasteiger partial charge in [-0.2, -0.15) is 0 Å². The van der Waals surface area contributed by atoms with Crippen LogP contribution >= 0.6 is 0 Å². The van der Waals surface area contributed by atoms with Crippen molar-refractivity contribution >= 4 is 11.8 Å². The van der Waals surface area contributed by atoms with E-state index in [0.717, 1.165) is 11.1 Å². The number of nitrogens with two attached hydrogens (primary N) is 2. The highest BCUT2D eigenvalue weighted by Gasteiger charge is 2.07. The molecule has 0 radical (unpaired) electrons. The molecule has 13 heavy (non-hydrogen) atoms. The number of nitrogen functional groups attached to an aromatic ring is 2. The van der Waals surface area contributed by atoms with E-state index in [1.54, 1.807) is 12.5 Å². The lowest BCUT2D eigenvalue weighted by atomic mass is 10.1. The number of rotatable bonds is 2. The van der Waals surface area contributed by atoms with Gasteiger partial charge in [-0.25, -0.2) is 0 Å². The molecule has 2 rings (SSSR count). The molecule has 0 unspecified atom stereocenters. The summed E-state index contributed by atoms with van der Waals surface area (Å²) in [5.74, 6) is 0.862. The van der Waals surface area contributed by atoms with Crippen molar-refractivity contribution in [1.29, 1.82) is 0 Å². The Morgan fingerprint density at radius 1 is 0.923 bits per heavy atom. The van der Waals surface area contributed by atoms with Crippen molar-refractivity contribution in [3.05, 3.63) is 35.8 Å². The third-order valence-electron chi connectivity index (χ3n) is 1.94. The Hall–Kier alpha value is -1.84. The van der Waals surface area contributed by atoms with Crippen molar-refractivity contribution in [3.8, 4) is 0 Å². The standard InChI is InChI=1S/C9H10N2O2/c10-8-6(1-3-12-8)5-7-2-4-13-9(7)11/h1-4H,5,10-11H2. The summed E-state index contributed by atoms with van der Waals surface area (Å²) < 4.78 is 9.92. The highest BCUT2D eigenvalue weighted by atomic mass is 16.3. The smallest absolute Gasteiger partial charge is 0.193 e. The van der Waals surface area contributed by atoms with E-state index in [-0.39, 0.29) is 0 Å². The van der Waals surface area contributed by atoms with Crippen LogP contribution in [0.2, 0.25) is 0 Å². The van der Waals surface area contributed by atoms with Crippen molar-refractivity contribution in [2.24, 2.45) is 0 Å². The van der Waals surface area contributed by atoms with E-state index in [4.69, 9.17) is 20.3 Å². The van der Waals surface area contributed by atoms with Gasteiger partial charge in [-0.1, -0.05) is 0 Å². The van der Waals surface area contributed by atoms with Crippen molar-refractivity contribution < 1.29 is 8.83 Å². The minimum atomic E-state index is 0.431. The maximum atomic E-state index is 5.57. The molecule has 4 heteroatoms. The zero-order valence-corrected chi connectivity index (χ0v) is 6.99. The van der Waals surface area contributed by atoms with Crippen LogP contribution in [0.25, 0.3) is 0 Å². The fourth-order valence-corrected chi connectivity index (χ4v) is 1.19. The molecule has 0 aromatic carbocycles. The first-order chi connectivity index (χ1) is 6.27. The van der Waals surface area contributed by atoms with E-state index < -0.39 is 0 Å². The lowest BCUT2D eigenvalue weighted by Gasteiger charge is -1.96. The molecule has 4 nitrogen and oxygen atoms in total. The molecular weight excluding hydrogens is 168 g/mol. The summed E-state index contributed by atoms with van der Waals surface area (Å²) >= 11 is 0. The second-order valence-electron chi connectivity index (χ2n) is 2.80. The van der Waals surface area contributed by atoms with Gasteiger partial charge in [-0.05, 0) is 12.1 Å².